The van der Waals surface area contributed by atoms with E-state index in [1.165, 1.54) is 4.80 Å². The molecule has 1 aliphatic rings. The van der Waals surface area contributed by atoms with Gasteiger partial charge < -0.3 is 14.1 Å². The normalized spacial score (nSPS) is 14.1. The largest absolute Gasteiger partial charge is 0.443 e. The van der Waals surface area contributed by atoms with Crippen molar-refractivity contribution in [2.45, 2.75) is 26.1 Å². The van der Waals surface area contributed by atoms with Gasteiger partial charge in [0.1, 0.15) is 35.6 Å². The van der Waals surface area contributed by atoms with Crippen molar-refractivity contribution in [1.82, 2.24) is 24.9 Å². The van der Waals surface area contributed by atoms with E-state index in [1.807, 2.05) is 24.3 Å². The molecule has 0 saturated carbocycles. The third-order valence-corrected chi connectivity index (χ3v) is 4.00. The highest BCUT2D eigenvalue weighted by Crippen LogP contribution is 2.20. The Hall–Kier alpha value is -2.74. The van der Waals surface area contributed by atoms with Crippen molar-refractivity contribution in [3.8, 4) is 0 Å². The fraction of sp³-hybridized carbons (Fsp3) is 0.375. The van der Waals surface area contributed by atoms with E-state index in [4.69, 9.17) is 9.15 Å². The molecule has 0 saturated heterocycles. The van der Waals surface area contributed by atoms with E-state index in [9.17, 15) is 4.79 Å². The van der Waals surface area contributed by atoms with Crippen molar-refractivity contribution >= 4 is 16.9 Å². The number of hydrogen-bond acceptors (Lipinski definition) is 6. The van der Waals surface area contributed by atoms with Crippen molar-refractivity contribution in [2.75, 3.05) is 13.7 Å². The summed E-state index contributed by atoms with van der Waals surface area (Å²) in [5.41, 5.74) is 2.37. The fourth-order valence-electron chi connectivity index (χ4n) is 2.85. The maximum atomic E-state index is 12.5. The second kappa shape index (κ2) is 6.04. The highest BCUT2D eigenvalue weighted by Gasteiger charge is 2.25. The van der Waals surface area contributed by atoms with Crippen LogP contribution in [0, 0.1) is 0 Å². The van der Waals surface area contributed by atoms with Gasteiger partial charge in [-0.3, -0.25) is 4.79 Å². The van der Waals surface area contributed by atoms with Crippen LogP contribution in [0.2, 0.25) is 0 Å². The Morgan fingerprint density at radius 1 is 1.29 bits per heavy atom. The molecule has 8 heteroatoms. The van der Waals surface area contributed by atoms with Crippen LogP contribution in [0.4, 0.5) is 0 Å². The minimum Gasteiger partial charge on any atom is -0.443 e. The number of methoxy groups -OCH3 is 1. The minimum absolute atomic E-state index is 0.0303. The Bertz CT molecular complexity index is 852. The molecular formula is C16H17N5O3. The van der Waals surface area contributed by atoms with Gasteiger partial charge in [-0.05, 0) is 12.1 Å². The molecule has 3 aromatic rings. The first-order chi connectivity index (χ1) is 11.7. The zero-order valence-electron chi connectivity index (χ0n) is 13.3. The number of rotatable bonds is 4. The number of amides is 1. The van der Waals surface area contributed by atoms with Gasteiger partial charge in [0, 0.05) is 20.1 Å². The molecule has 0 N–H and O–H groups in total. The highest BCUT2D eigenvalue weighted by atomic mass is 16.5. The van der Waals surface area contributed by atoms with Gasteiger partial charge in [0.2, 0.25) is 11.8 Å². The summed E-state index contributed by atoms with van der Waals surface area (Å²) >= 11 is 0. The van der Waals surface area contributed by atoms with Crippen LogP contribution in [0.3, 0.4) is 0 Å². The van der Waals surface area contributed by atoms with E-state index >= 15 is 0 Å². The summed E-state index contributed by atoms with van der Waals surface area (Å²) in [5.74, 6) is 1.36. The van der Waals surface area contributed by atoms with Crippen LogP contribution in [-0.2, 0) is 35.6 Å². The lowest BCUT2D eigenvalue weighted by molar-refractivity contribution is -0.133. The van der Waals surface area contributed by atoms with E-state index in [0.29, 0.717) is 32.0 Å². The van der Waals surface area contributed by atoms with Gasteiger partial charge in [-0.15, -0.1) is 0 Å². The van der Waals surface area contributed by atoms with Gasteiger partial charge in [0.15, 0.2) is 0 Å². The molecule has 0 spiro atoms. The molecule has 1 aromatic carbocycles. The summed E-state index contributed by atoms with van der Waals surface area (Å²) in [5, 5.41) is 8.66. The van der Waals surface area contributed by atoms with Crippen LogP contribution in [0.5, 0.6) is 0 Å². The predicted octanol–water partition coefficient (Wildman–Crippen LogP) is 1.15. The van der Waals surface area contributed by atoms with Crippen molar-refractivity contribution < 1.29 is 13.9 Å². The summed E-state index contributed by atoms with van der Waals surface area (Å²) in [4.78, 5) is 20.1. The predicted molar refractivity (Wildman–Crippen MR) is 83.9 cm³/mol. The van der Waals surface area contributed by atoms with Crippen LogP contribution >= 0.6 is 0 Å². The molecule has 24 heavy (non-hydrogen) atoms. The van der Waals surface area contributed by atoms with E-state index in [1.54, 1.807) is 12.0 Å². The second-order valence-corrected chi connectivity index (χ2v) is 5.69. The maximum Gasteiger partial charge on any atom is 0.246 e. The number of carbonyl (C=O) groups excluding carboxylic acids is 1. The molecule has 1 amide bonds. The van der Waals surface area contributed by atoms with Crippen molar-refractivity contribution in [3.63, 3.8) is 0 Å². The Labute approximate surface area is 138 Å². The molecule has 0 radical (unpaired) electrons. The molecule has 2 aromatic heterocycles. The molecule has 0 atom stereocenters. The maximum absolute atomic E-state index is 12.5. The van der Waals surface area contributed by atoms with Crippen molar-refractivity contribution in [3.05, 3.63) is 41.6 Å². The van der Waals surface area contributed by atoms with Gasteiger partial charge in [-0.1, -0.05) is 12.1 Å². The van der Waals surface area contributed by atoms with Crippen LogP contribution in [0.15, 0.2) is 28.7 Å². The molecule has 4 rings (SSSR count). The lowest BCUT2D eigenvalue weighted by Crippen LogP contribution is -2.38. The Morgan fingerprint density at radius 3 is 2.75 bits per heavy atom. The summed E-state index contributed by atoms with van der Waals surface area (Å²) in [7, 11) is 1.60. The Morgan fingerprint density at radius 2 is 2.04 bits per heavy atom. The molecule has 0 fully saturated rings. The summed E-state index contributed by atoms with van der Waals surface area (Å²) in [6, 6.07) is 7.56. The Balaban J connectivity index is 1.46. The first-order valence-corrected chi connectivity index (χ1v) is 7.77. The average molecular weight is 327 g/mol. The SMILES string of the molecule is COCc1nc2c(o1)CCN(C(=O)Cn1nc3ccccc3n1)C2. The van der Waals surface area contributed by atoms with E-state index in [-0.39, 0.29) is 12.5 Å². The molecular weight excluding hydrogens is 310 g/mol. The average Bonchev–Trinajstić information content (AvgIpc) is 3.16. The van der Waals surface area contributed by atoms with Gasteiger partial charge in [-0.25, -0.2) is 4.98 Å². The quantitative estimate of drug-likeness (QED) is 0.714. The summed E-state index contributed by atoms with van der Waals surface area (Å²) < 4.78 is 10.7. The van der Waals surface area contributed by atoms with E-state index in [0.717, 1.165) is 22.5 Å². The number of carbonyl (C=O) groups is 1. The molecule has 1 aliphatic heterocycles. The lowest BCUT2D eigenvalue weighted by atomic mass is 10.1. The van der Waals surface area contributed by atoms with Gasteiger partial charge in [-0.2, -0.15) is 15.0 Å². The standard InChI is InChI=1S/C16H17N5O3/c1-23-10-15-17-13-8-20(7-6-14(13)24-15)16(22)9-21-18-11-4-2-3-5-12(11)19-21/h2-5H,6-10H2,1H3. The number of oxazole rings is 1. The third-order valence-electron chi connectivity index (χ3n) is 4.00. The van der Waals surface area contributed by atoms with Crippen LogP contribution in [-0.4, -0.2) is 44.4 Å². The van der Waals surface area contributed by atoms with E-state index < -0.39 is 0 Å². The number of hydrogen-bond donors (Lipinski definition) is 0. The van der Waals surface area contributed by atoms with Gasteiger partial charge in [0.25, 0.3) is 0 Å². The summed E-state index contributed by atoms with van der Waals surface area (Å²) in [6.07, 6.45) is 0.659. The summed E-state index contributed by atoms with van der Waals surface area (Å²) in [6.45, 7) is 1.51. The first kappa shape index (κ1) is 14.8. The molecule has 3 heterocycles. The Kier molecular flexibility index (Phi) is 3.73. The van der Waals surface area contributed by atoms with Crippen LogP contribution < -0.4 is 0 Å². The highest BCUT2D eigenvalue weighted by molar-refractivity contribution is 5.77. The van der Waals surface area contributed by atoms with Crippen LogP contribution in [0.25, 0.3) is 11.0 Å². The molecule has 0 bridgehead atoms. The zero-order valence-corrected chi connectivity index (χ0v) is 13.3. The molecule has 0 aliphatic carbocycles. The molecule has 0 unspecified atom stereocenters. The van der Waals surface area contributed by atoms with Crippen molar-refractivity contribution in [1.29, 1.82) is 0 Å². The lowest BCUT2D eigenvalue weighted by Gasteiger charge is -2.25. The van der Waals surface area contributed by atoms with Gasteiger partial charge >= 0.3 is 0 Å². The number of nitrogens with zero attached hydrogens (tertiary/aromatic N) is 5. The molecule has 124 valence electrons. The molecule has 8 nitrogen and oxygen atoms in total. The third kappa shape index (κ3) is 2.76. The zero-order chi connectivity index (χ0) is 16.5. The van der Waals surface area contributed by atoms with E-state index in [2.05, 4.69) is 15.2 Å². The second-order valence-electron chi connectivity index (χ2n) is 5.69. The number of benzene rings is 1. The topological polar surface area (TPSA) is 86.3 Å². The van der Waals surface area contributed by atoms with Crippen LogP contribution in [0.1, 0.15) is 17.3 Å². The van der Waals surface area contributed by atoms with Crippen molar-refractivity contribution in [2.24, 2.45) is 0 Å². The van der Waals surface area contributed by atoms with Gasteiger partial charge in [0.05, 0.1) is 6.54 Å². The smallest absolute Gasteiger partial charge is 0.246 e. The monoisotopic (exact) mass is 327 g/mol. The number of fused-ring (bicyclic) bond motifs is 2. The fourth-order valence-corrected chi connectivity index (χ4v) is 2.85. The number of ether oxygens (including phenoxy) is 1. The minimum atomic E-state index is -0.0303. The number of aromatic nitrogens is 4. The first-order valence-electron chi connectivity index (χ1n) is 7.77.